The van der Waals surface area contributed by atoms with Crippen LogP contribution < -0.4 is 19.5 Å². The van der Waals surface area contributed by atoms with E-state index in [0.29, 0.717) is 30.2 Å². The molecule has 3 aromatic rings. The number of hydrogen-bond acceptors (Lipinski definition) is 6. The first kappa shape index (κ1) is 14.6. The maximum absolute atomic E-state index is 12.3. The fourth-order valence-electron chi connectivity index (χ4n) is 3.51. The zero-order chi connectivity index (χ0) is 17.0. The number of imidazole rings is 1. The van der Waals surface area contributed by atoms with E-state index in [9.17, 15) is 4.79 Å². The van der Waals surface area contributed by atoms with E-state index in [-0.39, 0.29) is 18.6 Å². The zero-order valence-electron chi connectivity index (χ0n) is 13.4. The summed E-state index contributed by atoms with van der Waals surface area (Å²) in [7, 11) is 1.60. The van der Waals surface area contributed by atoms with Gasteiger partial charge in [0.25, 0.3) is 0 Å². The molecule has 1 unspecified atom stereocenters. The average Bonchev–Trinajstić information content (AvgIpc) is 3.30. The molecule has 1 atom stereocenters. The first-order chi connectivity index (χ1) is 12.2. The van der Waals surface area contributed by atoms with Crippen molar-refractivity contribution in [2.45, 2.75) is 18.9 Å². The van der Waals surface area contributed by atoms with E-state index in [1.165, 1.54) is 0 Å². The van der Waals surface area contributed by atoms with Crippen LogP contribution in [0.3, 0.4) is 0 Å². The standard InChI is InChI=1S/C17H15N3O4S/c1-22-12-4-9(5-13-16(12)24-8-23-13)10-6-14(21)18-7-11-15(10)20-2-3-25-17(20)19-11/h2-5,10H,6-8H2,1H3,(H,18,21). The summed E-state index contributed by atoms with van der Waals surface area (Å²) in [4.78, 5) is 17.9. The van der Waals surface area contributed by atoms with Crippen molar-refractivity contribution < 1.29 is 19.0 Å². The Labute approximate surface area is 147 Å². The normalized spacial score (nSPS) is 18.8. The van der Waals surface area contributed by atoms with E-state index in [4.69, 9.17) is 14.2 Å². The summed E-state index contributed by atoms with van der Waals surface area (Å²) in [6, 6.07) is 3.86. The molecule has 2 aliphatic heterocycles. The predicted molar refractivity (Wildman–Crippen MR) is 90.5 cm³/mol. The molecule has 1 amide bonds. The summed E-state index contributed by atoms with van der Waals surface area (Å²) in [6.45, 7) is 0.619. The van der Waals surface area contributed by atoms with E-state index in [0.717, 1.165) is 21.9 Å². The van der Waals surface area contributed by atoms with Gasteiger partial charge in [-0.25, -0.2) is 4.98 Å². The Bertz CT molecular complexity index is 993. The van der Waals surface area contributed by atoms with Crippen molar-refractivity contribution in [3.8, 4) is 17.2 Å². The zero-order valence-corrected chi connectivity index (χ0v) is 14.3. The Hall–Kier alpha value is -2.74. The Balaban J connectivity index is 1.71. The van der Waals surface area contributed by atoms with Crippen molar-refractivity contribution in [1.82, 2.24) is 14.7 Å². The maximum atomic E-state index is 12.3. The number of nitrogens with one attached hydrogen (secondary N) is 1. The Morgan fingerprint density at radius 2 is 2.32 bits per heavy atom. The monoisotopic (exact) mass is 357 g/mol. The molecule has 7 nitrogen and oxygen atoms in total. The van der Waals surface area contributed by atoms with E-state index in [2.05, 4.69) is 14.7 Å². The van der Waals surface area contributed by atoms with Crippen LogP contribution in [0.2, 0.25) is 0 Å². The van der Waals surface area contributed by atoms with Gasteiger partial charge < -0.3 is 19.5 Å². The number of aromatic nitrogens is 2. The number of hydrogen-bond donors (Lipinski definition) is 1. The third kappa shape index (κ3) is 2.17. The van der Waals surface area contributed by atoms with Gasteiger partial charge in [0.1, 0.15) is 0 Å². The molecular weight excluding hydrogens is 342 g/mol. The molecule has 5 rings (SSSR count). The van der Waals surface area contributed by atoms with Crippen LogP contribution in [0.5, 0.6) is 17.2 Å². The van der Waals surface area contributed by atoms with Gasteiger partial charge in [0.15, 0.2) is 16.5 Å². The molecule has 0 spiro atoms. The Morgan fingerprint density at radius 3 is 3.20 bits per heavy atom. The van der Waals surface area contributed by atoms with Gasteiger partial charge in [-0.1, -0.05) is 0 Å². The van der Waals surface area contributed by atoms with Crippen molar-refractivity contribution in [1.29, 1.82) is 0 Å². The topological polar surface area (TPSA) is 74.1 Å². The van der Waals surface area contributed by atoms with Gasteiger partial charge in [0.05, 0.1) is 25.0 Å². The van der Waals surface area contributed by atoms with Crippen molar-refractivity contribution in [2.75, 3.05) is 13.9 Å². The minimum Gasteiger partial charge on any atom is -0.493 e. The third-order valence-electron chi connectivity index (χ3n) is 4.63. The quantitative estimate of drug-likeness (QED) is 0.762. The second kappa shape index (κ2) is 5.38. The van der Waals surface area contributed by atoms with Crippen molar-refractivity contribution >= 4 is 22.2 Å². The maximum Gasteiger partial charge on any atom is 0.231 e. The molecule has 2 aromatic heterocycles. The first-order valence-corrected chi connectivity index (χ1v) is 8.81. The summed E-state index contributed by atoms with van der Waals surface area (Å²) in [5.41, 5.74) is 2.89. The van der Waals surface area contributed by atoms with E-state index in [1.54, 1.807) is 18.4 Å². The number of carbonyl (C=O) groups is 1. The second-order valence-corrected chi connectivity index (χ2v) is 6.86. The molecule has 0 saturated carbocycles. The van der Waals surface area contributed by atoms with Crippen molar-refractivity contribution in [3.05, 3.63) is 40.7 Å². The lowest BCUT2D eigenvalue weighted by Crippen LogP contribution is -2.21. The largest absolute Gasteiger partial charge is 0.493 e. The van der Waals surface area contributed by atoms with Gasteiger partial charge in [-0.2, -0.15) is 0 Å². The summed E-state index contributed by atoms with van der Waals surface area (Å²) in [5.74, 6) is 1.74. The van der Waals surface area contributed by atoms with Crippen LogP contribution in [0.25, 0.3) is 4.96 Å². The van der Waals surface area contributed by atoms with Crippen LogP contribution in [0, 0.1) is 0 Å². The molecule has 4 heterocycles. The number of ether oxygens (including phenoxy) is 3. The minimum absolute atomic E-state index is 0.00335. The van der Waals surface area contributed by atoms with Gasteiger partial charge in [-0.3, -0.25) is 9.20 Å². The number of rotatable bonds is 2. The summed E-state index contributed by atoms with van der Waals surface area (Å²) in [5, 5.41) is 4.93. The molecule has 0 aliphatic carbocycles. The van der Waals surface area contributed by atoms with Crippen LogP contribution in [0.15, 0.2) is 23.7 Å². The highest BCUT2D eigenvalue weighted by Gasteiger charge is 2.31. The number of nitrogens with zero attached hydrogens (tertiary/aromatic N) is 2. The number of benzene rings is 1. The molecular formula is C17H15N3O4S. The Morgan fingerprint density at radius 1 is 1.40 bits per heavy atom. The van der Waals surface area contributed by atoms with Gasteiger partial charge in [-0.05, 0) is 17.7 Å². The van der Waals surface area contributed by atoms with Gasteiger partial charge in [0.2, 0.25) is 18.4 Å². The lowest BCUT2D eigenvalue weighted by atomic mass is 9.91. The third-order valence-corrected chi connectivity index (χ3v) is 5.39. The first-order valence-electron chi connectivity index (χ1n) is 7.93. The Kier molecular flexibility index (Phi) is 3.14. The van der Waals surface area contributed by atoms with Crippen molar-refractivity contribution in [2.24, 2.45) is 0 Å². The average molecular weight is 357 g/mol. The molecule has 1 aromatic carbocycles. The number of fused-ring (bicyclic) bond motifs is 4. The fourth-order valence-corrected chi connectivity index (χ4v) is 4.25. The molecule has 25 heavy (non-hydrogen) atoms. The van der Waals surface area contributed by atoms with Crippen LogP contribution in [0.4, 0.5) is 0 Å². The molecule has 128 valence electrons. The number of thiazole rings is 1. The molecule has 0 fully saturated rings. The number of methoxy groups -OCH3 is 1. The highest BCUT2D eigenvalue weighted by Crippen LogP contribution is 2.45. The lowest BCUT2D eigenvalue weighted by Gasteiger charge is -2.17. The van der Waals surface area contributed by atoms with Gasteiger partial charge in [-0.15, -0.1) is 11.3 Å². The smallest absolute Gasteiger partial charge is 0.231 e. The molecule has 0 radical (unpaired) electrons. The fraction of sp³-hybridized carbons (Fsp3) is 0.294. The molecule has 0 bridgehead atoms. The van der Waals surface area contributed by atoms with E-state index in [1.807, 2.05) is 23.7 Å². The lowest BCUT2D eigenvalue weighted by molar-refractivity contribution is -0.121. The van der Waals surface area contributed by atoms with E-state index < -0.39 is 0 Å². The predicted octanol–water partition coefficient (Wildman–Crippen LogP) is 2.28. The summed E-state index contributed by atoms with van der Waals surface area (Å²) >= 11 is 1.58. The summed E-state index contributed by atoms with van der Waals surface area (Å²) in [6.07, 6.45) is 2.35. The van der Waals surface area contributed by atoms with Crippen LogP contribution in [-0.2, 0) is 11.3 Å². The molecule has 2 aliphatic rings. The highest BCUT2D eigenvalue weighted by atomic mass is 32.1. The van der Waals surface area contributed by atoms with E-state index >= 15 is 0 Å². The van der Waals surface area contributed by atoms with Gasteiger partial charge in [0, 0.05) is 23.9 Å². The minimum atomic E-state index is -0.134. The van der Waals surface area contributed by atoms with Crippen molar-refractivity contribution in [3.63, 3.8) is 0 Å². The van der Waals surface area contributed by atoms with Gasteiger partial charge >= 0.3 is 0 Å². The molecule has 0 saturated heterocycles. The molecule has 1 N–H and O–H groups in total. The number of carbonyl (C=O) groups excluding carboxylic acids is 1. The van der Waals surface area contributed by atoms with Crippen LogP contribution in [-0.4, -0.2) is 29.2 Å². The second-order valence-electron chi connectivity index (χ2n) is 5.99. The SMILES string of the molecule is COc1cc(C2CC(=O)NCc3nc4sccn4c32)cc2c1OCO2. The molecule has 8 heteroatoms. The summed E-state index contributed by atoms with van der Waals surface area (Å²) < 4.78 is 18.6. The van der Waals surface area contributed by atoms with Crippen LogP contribution >= 0.6 is 11.3 Å². The van der Waals surface area contributed by atoms with Crippen LogP contribution in [0.1, 0.15) is 29.3 Å². The highest BCUT2D eigenvalue weighted by molar-refractivity contribution is 7.15. The number of amides is 1.